The van der Waals surface area contributed by atoms with Crippen LogP contribution in [0.1, 0.15) is 44.1 Å². The molecule has 1 saturated carbocycles. The summed E-state index contributed by atoms with van der Waals surface area (Å²) in [5.41, 5.74) is 1.18. The Morgan fingerprint density at radius 1 is 1.06 bits per heavy atom. The van der Waals surface area contributed by atoms with Crippen LogP contribution in [0, 0.1) is 15.4 Å². The second-order valence-electron chi connectivity index (χ2n) is 8.95. The third kappa shape index (κ3) is 5.50. The van der Waals surface area contributed by atoms with Crippen LogP contribution >= 0.6 is 22.6 Å². The van der Waals surface area contributed by atoms with Gasteiger partial charge in [-0.15, -0.1) is 0 Å². The van der Waals surface area contributed by atoms with Gasteiger partial charge in [-0.3, -0.25) is 9.69 Å². The minimum absolute atomic E-state index is 0.130. The van der Waals surface area contributed by atoms with Crippen LogP contribution in [0.4, 0.5) is 13.2 Å². The zero-order valence-electron chi connectivity index (χ0n) is 17.7. The number of halogens is 4. The molecule has 1 aliphatic heterocycles. The molecule has 0 atom stereocenters. The van der Waals surface area contributed by atoms with Gasteiger partial charge in [-0.1, -0.05) is 18.2 Å². The van der Waals surface area contributed by atoms with E-state index in [1.54, 1.807) is 0 Å². The summed E-state index contributed by atoms with van der Waals surface area (Å²) in [5.74, 6) is -1.40. The number of rotatable bonds is 5. The van der Waals surface area contributed by atoms with E-state index in [-0.39, 0.29) is 24.9 Å². The molecule has 8 heteroatoms. The largest absolute Gasteiger partial charge is 0.489 e. The average Bonchev–Trinajstić information content (AvgIpc) is 2.76. The lowest BCUT2D eigenvalue weighted by Crippen LogP contribution is -2.35. The molecule has 0 unspecified atom stereocenters. The van der Waals surface area contributed by atoms with Crippen molar-refractivity contribution in [2.24, 2.45) is 11.8 Å². The first-order chi connectivity index (χ1) is 15.2. The molecule has 0 radical (unpaired) electrons. The van der Waals surface area contributed by atoms with Crippen LogP contribution < -0.4 is 4.74 Å². The van der Waals surface area contributed by atoms with E-state index in [1.807, 2.05) is 12.1 Å². The van der Waals surface area contributed by atoms with Gasteiger partial charge in [0.2, 0.25) is 0 Å². The minimum Gasteiger partial charge on any atom is -0.489 e. The van der Waals surface area contributed by atoms with Gasteiger partial charge >= 0.3 is 12.1 Å². The number of benzene rings is 2. The first-order valence-corrected chi connectivity index (χ1v) is 12.2. The van der Waals surface area contributed by atoms with E-state index in [0.29, 0.717) is 25.7 Å². The lowest BCUT2D eigenvalue weighted by atomic mass is 9.87. The van der Waals surface area contributed by atoms with Crippen molar-refractivity contribution >= 4 is 39.3 Å². The third-order valence-electron chi connectivity index (χ3n) is 6.76. The van der Waals surface area contributed by atoms with Crippen molar-refractivity contribution in [1.82, 2.24) is 4.90 Å². The van der Waals surface area contributed by atoms with Crippen LogP contribution in [0.3, 0.4) is 0 Å². The standard InChI is InChI=1S/C24H27F3INO3/c25-24(26,27)18-3-5-19(6-4-18)32-21-8-2-17-13-15(1-7-20(17)22(21)28)14-29-11-9-16(10-12-29)23(30)31/h1-2,7-8,13,16,18-19H,3-6,9-12,14H2,(H,30,31)/t18-,19+. The highest BCUT2D eigenvalue weighted by Gasteiger charge is 2.41. The van der Waals surface area contributed by atoms with Crippen molar-refractivity contribution in [2.75, 3.05) is 13.1 Å². The number of carbonyl (C=O) groups is 1. The second kappa shape index (κ2) is 9.75. The fourth-order valence-corrected chi connectivity index (χ4v) is 5.59. The van der Waals surface area contributed by atoms with Crippen LogP contribution in [0.15, 0.2) is 30.3 Å². The molecule has 1 N–H and O–H groups in total. The van der Waals surface area contributed by atoms with Gasteiger partial charge in [-0.25, -0.2) is 0 Å². The minimum atomic E-state index is -4.10. The topological polar surface area (TPSA) is 49.8 Å². The molecule has 174 valence electrons. The van der Waals surface area contributed by atoms with Gasteiger partial charge in [0.05, 0.1) is 21.5 Å². The first-order valence-electron chi connectivity index (χ1n) is 11.1. The fraction of sp³-hybridized carbons (Fsp3) is 0.542. The summed E-state index contributed by atoms with van der Waals surface area (Å²) in [6.45, 7) is 2.37. The van der Waals surface area contributed by atoms with Gasteiger partial charge in [-0.2, -0.15) is 13.2 Å². The van der Waals surface area contributed by atoms with Crippen LogP contribution in [-0.2, 0) is 11.3 Å². The summed E-state index contributed by atoms with van der Waals surface area (Å²) >= 11 is 2.26. The molecular formula is C24H27F3INO3. The molecule has 0 amide bonds. The smallest absolute Gasteiger partial charge is 0.391 e. The number of alkyl halides is 3. The van der Waals surface area contributed by atoms with E-state index in [1.165, 1.54) is 5.56 Å². The number of likely N-dealkylation sites (tertiary alicyclic amines) is 1. The predicted octanol–water partition coefficient (Wildman–Crippen LogP) is 6.24. The summed E-state index contributed by atoms with van der Waals surface area (Å²) in [5, 5.41) is 11.3. The van der Waals surface area contributed by atoms with E-state index >= 15 is 0 Å². The summed E-state index contributed by atoms with van der Waals surface area (Å²) in [4.78, 5) is 13.4. The molecule has 2 aliphatic rings. The zero-order chi connectivity index (χ0) is 22.9. The van der Waals surface area contributed by atoms with E-state index < -0.39 is 18.1 Å². The van der Waals surface area contributed by atoms with Crippen molar-refractivity contribution in [2.45, 2.75) is 57.3 Å². The number of aliphatic carboxylic acids is 1. The maximum absolute atomic E-state index is 12.9. The number of hydrogen-bond donors (Lipinski definition) is 1. The summed E-state index contributed by atoms with van der Waals surface area (Å²) < 4.78 is 45.8. The first kappa shape index (κ1) is 23.6. The second-order valence-corrected chi connectivity index (χ2v) is 10.0. The number of fused-ring (bicyclic) bond motifs is 1. The van der Waals surface area contributed by atoms with Gasteiger partial charge in [0.15, 0.2) is 0 Å². The molecule has 32 heavy (non-hydrogen) atoms. The summed E-state index contributed by atoms with van der Waals surface area (Å²) in [6, 6.07) is 10.2. The monoisotopic (exact) mass is 561 g/mol. The molecule has 1 saturated heterocycles. The van der Waals surface area contributed by atoms with Crippen molar-refractivity contribution in [3.8, 4) is 5.75 Å². The molecule has 1 aliphatic carbocycles. The molecule has 1 heterocycles. The highest BCUT2D eigenvalue weighted by Crippen LogP contribution is 2.39. The van der Waals surface area contributed by atoms with Gasteiger partial charge < -0.3 is 9.84 Å². The molecule has 2 fully saturated rings. The lowest BCUT2D eigenvalue weighted by Gasteiger charge is -2.30. The Morgan fingerprint density at radius 2 is 1.75 bits per heavy atom. The van der Waals surface area contributed by atoms with Crippen LogP contribution in [-0.4, -0.2) is 41.3 Å². The van der Waals surface area contributed by atoms with E-state index in [4.69, 9.17) is 9.84 Å². The molecule has 0 spiro atoms. The highest BCUT2D eigenvalue weighted by atomic mass is 127. The van der Waals surface area contributed by atoms with Gasteiger partial charge in [0.1, 0.15) is 5.75 Å². The summed E-state index contributed by atoms with van der Waals surface area (Å²) in [6.07, 6.45) is -1.79. The number of carboxylic acids is 1. The Balaban J connectivity index is 1.39. The van der Waals surface area contributed by atoms with Crippen molar-refractivity contribution < 1.29 is 27.8 Å². The molecule has 4 nitrogen and oxygen atoms in total. The zero-order valence-corrected chi connectivity index (χ0v) is 19.9. The van der Waals surface area contributed by atoms with Crippen molar-refractivity contribution in [3.63, 3.8) is 0 Å². The van der Waals surface area contributed by atoms with Crippen LogP contribution in [0.2, 0.25) is 0 Å². The molecule has 2 aromatic rings. The Labute approximate surface area is 199 Å². The van der Waals surface area contributed by atoms with Crippen LogP contribution in [0.5, 0.6) is 5.75 Å². The van der Waals surface area contributed by atoms with E-state index in [9.17, 15) is 18.0 Å². The van der Waals surface area contributed by atoms with Gasteiger partial charge in [0, 0.05) is 6.54 Å². The quantitative estimate of drug-likeness (QED) is 0.440. The maximum Gasteiger partial charge on any atom is 0.391 e. The molecule has 4 rings (SSSR count). The molecular weight excluding hydrogens is 534 g/mol. The lowest BCUT2D eigenvalue weighted by molar-refractivity contribution is -0.185. The van der Waals surface area contributed by atoms with Gasteiger partial charge in [0.25, 0.3) is 0 Å². The number of hydrogen-bond acceptors (Lipinski definition) is 3. The normalized spacial score (nSPS) is 23.4. The molecule has 0 aromatic heterocycles. The number of nitrogens with zero attached hydrogens (tertiary/aromatic N) is 1. The Bertz CT molecular complexity index is 965. The maximum atomic E-state index is 12.9. The Hall–Kier alpha value is -1.55. The predicted molar refractivity (Wildman–Crippen MR) is 125 cm³/mol. The highest BCUT2D eigenvalue weighted by molar-refractivity contribution is 14.1. The molecule has 0 bridgehead atoms. The van der Waals surface area contributed by atoms with Gasteiger partial charge in [-0.05, 0) is 103 Å². The summed E-state index contributed by atoms with van der Waals surface area (Å²) in [7, 11) is 0. The van der Waals surface area contributed by atoms with Crippen LogP contribution in [0.25, 0.3) is 10.8 Å². The van der Waals surface area contributed by atoms with E-state index in [0.717, 1.165) is 39.7 Å². The van der Waals surface area contributed by atoms with Crippen molar-refractivity contribution in [1.29, 1.82) is 0 Å². The fourth-order valence-electron chi connectivity index (χ4n) is 4.79. The third-order valence-corrected chi connectivity index (χ3v) is 7.87. The Morgan fingerprint density at radius 3 is 2.38 bits per heavy atom. The number of carboxylic acid groups (broad SMARTS) is 1. The number of ether oxygens (including phenoxy) is 1. The van der Waals surface area contributed by atoms with Crippen molar-refractivity contribution in [3.05, 3.63) is 39.5 Å². The number of piperidine rings is 1. The average molecular weight is 561 g/mol. The molecule has 2 aromatic carbocycles. The van der Waals surface area contributed by atoms with E-state index in [2.05, 4.69) is 45.7 Å². The Kier molecular flexibility index (Phi) is 7.19. The SMILES string of the molecule is O=C(O)C1CCN(Cc2ccc3c(I)c(O[C@H]4CC[C@@H](C(F)(F)F)CC4)ccc3c2)CC1.